The number of furan rings is 1. The summed E-state index contributed by atoms with van der Waals surface area (Å²) in [5, 5.41) is 9.24. The molecule has 1 aliphatic rings. The van der Waals surface area contributed by atoms with Crippen LogP contribution in [-0.2, 0) is 29.1 Å². The predicted octanol–water partition coefficient (Wildman–Crippen LogP) is 3.12. The highest BCUT2D eigenvalue weighted by molar-refractivity contribution is 7.99. The van der Waals surface area contributed by atoms with E-state index < -0.39 is 11.9 Å². The number of hydrogen-bond donors (Lipinski definition) is 1. The SMILES string of the molecule is NC(=O)[C@@H]1Cc2ccccc2CN1C(=O)CSc1nnc(-c2ccco2)n1Cc1ccccc1. The van der Waals surface area contributed by atoms with Gasteiger partial charge in [-0.05, 0) is 28.8 Å². The molecule has 0 bridgehead atoms. The molecule has 0 aliphatic carbocycles. The molecule has 2 N–H and O–H groups in total. The Morgan fingerprint density at radius 1 is 1.00 bits per heavy atom. The zero-order valence-electron chi connectivity index (χ0n) is 18.3. The van der Waals surface area contributed by atoms with Crippen LogP contribution in [0.15, 0.2) is 82.6 Å². The Balaban J connectivity index is 1.37. The summed E-state index contributed by atoms with van der Waals surface area (Å²) in [6.07, 6.45) is 2.01. The van der Waals surface area contributed by atoms with E-state index in [1.807, 2.05) is 65.2 Å². The minimum Gasteiger partial charge on any atom is -0.461 e. The van der Waals surface area contributed by atoms with Crippen molar-refractivity contribution < 1.29 is 14.0 Å². The third-order valence-corrected chi connectivity index (χ3v) is 6.82. The summed E-state index contributed by atoms with van der Waals surface area (Å²) in [7, 11) is 0. The molecule has 2 aromatic carbocycles. The zero-order valence-corrected chi connectivity index (χ0v) is 19.1. The lowest BCUT2D eigenvalue weighted by Crippen LogP contribution is -2.51. The molecule has 8 nitrogen and oxygen atoms in total. The molecule has 4 aromatic rings. The summed E-state index contributed by atoms with van der Waals surface area (Å²) >= 11 is 1.29. The van der Waals surface area contributed by atoms with Crippen LogP contribution >= 0.6 is 11.8 Å². The summed E-state index contributed by atoms with van der Waals surface area (Å²) in [6.45, 7) is 0.888. The van der Waals surface area contributed by atoms with Gasteiger partial charge in [-0.15, -0.1) is 10.2 Å². The molecule has 0 saturated heterocycles. The van der Waals surface area contributed by atoms with Crippen LogP contribution < -0.4 is 5.73 Å². The minimum atomic E-state index is -0.663. The summed E-state index contributed by atoms with van der Waals surface area (Å²) in [6, 6.07) is 20.7. The number of aromatic nitrogens is 3. The first-order valence-electron chi connectivity index (χ1n) is 10.9. The lowest BCUT2D eigenvalue weighted by atomic mass is 9.93. The van der Waals surface area contributed by atoms with Gasteiger partial charge in [-0.1, -0.05) is 66.4 Å². The lowest BCUT2D eigenvalue weighted by Gasteiger charge is -2.35. The van der Waals surface area contributed by atoms with Gasteiger partial charge in [0.05, 0.1) is 18.6 Å². The minimum absolute atomic E-state index is 0.108. The number of carbonyl (C=O) groups excluding carboxylic acids is 2. The van der Waals surface area contributed by atoms with E-state index in [0.717, 1.165) is 16.7 Å². The van der Waals surface area contributed by atoms with Crippen molar-refractivity contribution in [3.05, 3.63) is 89.7 Å². The number of primary amides is 1. The van der Waals surface area contributed by atoms with Gasteiger partial charge in [0.25, 0.3) is 0 Å². The summed E-state index contributed by atoms with van der Waals surface area (Å²) in [4.78, 5) is 26.9. The van der Waals surface area contributed by atoms with Crippen LogP contribution in [0, 0.1) is 0 Å². The number of amides is 2. The number of hydrogen-bond acceptors (Lipinski definition) is 6. The molecule has 5 rings (SSSR count). The van der Waals surface area contributed by atoms with Crippen LogP contribution in [0.25, 0.3) is 11.6 Å². The number of thioether (sulfide) groups is 1. The molecule has 1 atom stereocenters. The van der Waals surface area contributed by atoms with Gasteiger partial charge < -0.3 is 15.1 Å². The van der Waals surface area contributed by atoms with Crippen molar-refractivity contribution in [2.45, 2.75) is 30.7 Å². The fraction of sp³-hybridized carbons (Fsp3) is 0.200. The molecule has 1 aliphatic heterocycles. The summed E-state index contributed by atoms with van der Waals surface area (Å²) in [5.41, 5.74) is 8.81. The first-order valence-corrected chi connectivity index (χ1v) is 11.9. The maximum absolute atomic E-state index is 13.2. The average molecular weight is 474 g/mol. The smallest absolute Gasteiger partial charge is 0.240 e. The van der Waals surface area contributed by atoms with Crippen molar-refractivity contribution in [3.63, 3.8) is 0 Å². The van der Waals surface area contributed by atoms with E-state index in [9.17, 15) is 9.59 Å². The first-order chi connectivity index (χ1) is 16.6. The molecule has 2 amide bonds. The van der Waals surface area contributed by atoms with Crippen molar-refractivity contribution in [3.8, 4) is 11.6 Å². The molecule has 34 heavy (non-hydrogen) atoms. The summed E-state index contributed by atoms with van der Waals surface area (Å²) in [5.74, 6) is 0.628. The molecule has 0 fully saturated rings. The molecule has 0 spiro atoms. The van der Waals surface area contributed by atoms with E-state index in [0.29, 0.717) is 36.3 Å². The standard InChI is InChI=1S/C25H23N5O3S/c26-23(32)20-13-18-9-4-5-10-19(18)15-29(20)22(31)16-34-25-28-27-24(21-11-6-12-33-21)30(25)14-17-7-2-1-3-8-17/h1-12,20H,13-16H2,(H2,26,32)/t20-/m0/s1. The topological polar surface area (TPSA) is 107 Å². The number of nitrogens with two attached hydrogens (primary N) is 1. The predicted molar refractivity (Wildman–Crippen MR) is 128 cm³/mol. The maximum Gasteiger partial charge on any atom is 0.240 e. The number of rotatable bonds is 7. The van der Waals surface area contributed by atoms with Gasteiger partial charge in [-0.3, -0.25) is 14.2 Å². The molecule has 0 saturated carbocycles. The third-order valence-electron chi connectivity index (χ3n) is 5.86. The van der Waals surface area contributed by atoms with Crippen molar-refractivity contribution in [1.82, 2.24) is 19.7 Å². The first kappa shape index (κ1) is 22.0. The highest BCUT2D eigenvalue weighted by Gasteiger charge is 2.33. The second-order valence-electron chi connectivity index (χ2n) is 8.06. The van der Waals surface area contributed by atoms with E-state index in [1.54, 1.807) is 17.2 Å². The Kier molecular flexibility index (Phi) is 6.18. The van der Waals surface area contributed by atoms with Crippen LogP contribution in [0.3, 0.4) is 0 Å². The second kappa shape index (κ2) is 9.56. The van der Waals surface area contributed by atoms with E-state index in [4.69, 9.17) is 10.2 Å². The van der Waals surface area contributed by atoms with Gasteiger partial charge in [-0.2, -0.15) is 0 Å². The number of carbonyl (C=O) groups is 2. The molecule has 172 valence electrons. The highest BCUT2D eigenvalue weighted by atomic mass is 32.2. The fourth-order valence-corrected chi connectivity index (χ4v) is 4.96. The molecule has 0 unspecified atom stereocenters. The average Bonchev–Trinajstić information content (AvgIpc) is 3.52. The van der Waals surface area contributed by atoms with Gasteiger partial charge in [0.15, 0.2) is 10.9 Å². The van der Waals surface area contributed by atoms with Gasteiger partial charge in [0, 0.05) is 13.0 Å². The third kappa shape index (κ3) is 4.47. The number of nitrogens with zero attached hydrogens (tertiary/aromatic N) is 4. The van der Waals surface area contributed by atoms with Gasteiger partial charge >= 0.3 is 0 Å². The van der Waals surface area contributed by atoms with E-state index in [1.165, 1.54) is 11.8 Å². The fourth-order valence-electron chi connectivity index (χ4n) is 4.14. The maximum atomic E-state index is 13.2. The molecule has 2 aromatic heterocycles. The lowest BCUT2D eigenvalue weighted by molar-refractivity contribution is -0.138. The van der Waals surface area contributed by atoms with E-state index >= 15 is 0 Å². The van der Waals surface area contributed by atoms with Gasteiger partial charge in [0.2, 0.25) is 17.6 Å². The van der Waals surface area contributed by atoms with Gasteiger partial charge in [-0.25, -0.2) is 0 Å². The van der Waals surface area contributed by atoms with Crippen molar-refractivity contribution in [2.75, 3.05) is 5.75 Å². The van der Waals surface area contributed by atoms with E-state index in [-0.39, 0.29) is 11.7 Å². The molecular weight excluding hydrogens is 450 g/mol. The Morgan fingerprint density at radius 2 is 1.76 bits per heavy atom. The van der Waals surface area contributed by atoms with Crippen LogP contribution in [0.4, 0.5) is 0 Å². The monoisotopic (exact) mass is 473 g/mol. The Labute approximate surface area is 200 Å². The normalized spacial score (nSPS) is 15.2. The Bertz CT molecular complexity index is 1300. The summed E-state index contributed by atoms with van der Waals surface area (Å²) < 4.78 is 7.48. The molecular formula is C25H23N5O3S. The second-order valence-corrected chi connectivity index (χ2v) is 9.00. The largest absolute Gasteiger partial charge is 0.461 e. The van der Waals surface area contributed by atoms with Crippen molar-refractivity contribution >= 4 is 23.6 Å². The van der Waals surface area contributed by atoms with Crippen LogP contribution in [0.2, 0.25) is 0 Å². The van der Waals surface area contributed by atoms with Crippen molar-refractivity contribution in [2.24, 2.45) is 5.73 Å². The van der Waals surface area contributed by atoms with Crippen LogP contribution in [0.1, 0.15) is 16.7 Å². The quantitative estimate of drug-likeness (QED) is 0.413. The Hall–Kier alpha value is -3.85. The van der Waals surface area contributed by atoms with Crippen LogP contribution in [0.5, 0.6) is 0 Å². The molecule has 3 heterocycles. The van der Waals surface area contributed by atoms with E-state index in [2.05, 4.69) is 10.2 Å². The van der Waals surface area contributed by atoms with Crippen LogP contribution in [-0.4, -0.2) is 43.3 Å². The highest BCUT2D eigenvalue weighted by Crippen LogP contribution is 2.28. The zero-order chi connectivity index (χ0) is 23.5. The van der Waals surface area contributed by atoms with Crippen molar-refractivity contribution in [1.29, 1.82) is 0 Å². The van der Waals surface area contributed by atoms with Gasteiger partial charge in [0.1, 0.15) is 6.04 Å². The molecule has 9 heteroatoms. The Morgan fingerprint density at radius 3 is 2.50 bits per heavy atom. The number of fused-ring (bicyclic) bond motifs is 1. The molecule has 0 radical (unpaired) electrons. The number of benzene rings is 2.